The maximum absolute atomic E-state index is 13.7. The summed E-state index contributed by atoms with van der Waals surface area (Å²) in [5.74, 6) is -2.32. The molecular weight excluding hydrogens is 362 g/mol. The van der Waals surface area contributed by atoms with Crippen molar-refractivity contribution in [3.63, 3.8) is 0 Å². The molecule has 0 bridgehead atoms. The Morgan fingerprint density at radius 2 is 1.54 bits per heavy atom. The summed E-state index contributed by atoms with van der Waals surface area (Å²) in [6, 6.07) is 18.6. The molecule has 0 fully saturated rings. The zero-order chi connectivity index (χ0) is 20.1. The number of carbonyl (C=O) groups is 2. The Hall–Kier alpha value is -3.54. The lowest BCUT2D eigenvalue weighted by Crippen LogP contribution is -2.26. The molecule has 0 spiro atoms. The van der Waals surface area contributed by atoms with E-state index >= 15 is 0 Å². The molecular formula is C22H18F2N2O2. The number of amides is 2. The molecule has 1 N–H and O–H groups in total. The zero-order valence-electron chi connectivity index (χ0n) is 15.2. The van der Waals surface area contributed by atoms with Crippen LogP contribution in [0.2, 0.25) is 0 Å². The fraction of sp³-hybridized carbons (Fsp3) is 0.0909. The molecule has 0 atom stereocenters. The SMILES string of the molecule is CN(Cc1ccccc1)C(=O)c1ccc(C(=O)Nc2ccc(F)cc2F)cc1. The fourth-order valence-corrected chi connectivity index (χ4v) is 2.70. The maximum atomic E-state index is 13.7. The molecule has 0 aliphatic rings. The van der Waals surface area contributed by atoms with Gasteiger partial charge in [-0.05, 0) is 42.0 Å². The van der Waals surface area contributed by atoms with Crippen molar-refractivity contribution in [2.45, 2.75) is 6.54 Å². The van der Waals surface area contributed by atoms with E-state index in [0.717, 1.165) is 17.7 Å². The first-order valence-electron chi connectivity index (χ1n) is 8.60. The van der Waals surface area contributed by atoms with Crippen molar-refractivity contribution in [2.75, 3.05) is 12.4 Å². The van der Waals surface area contributed by atoms with Gasteiger partial charge in [-0.3, -0.25) is 9.59 Å². The number of halogens is 2. The average Bonchev–Trinajstić information content (AvgIpc) is 2.70. The summed E-state index contributed by atoms with van der Waals surface area (Å²) in [5, 5.41) is 2.38. The fourth-order valence-electron chi connectivity index (χ4n) is 2.70. The number of rotatable bonds is 5. The Morgan fingerprint density at radius 3 is 2.18 bits per heavy atom. The highest BCUT2D eigenvalue weighted by atomic mass is 19.1. The van der Waals surface area contributed by atoms with Crippen LogP contribution in [-0.2, 0) is 6.54 Å². The Labute approximate surface area is 161 Å². The third kappa shape index (κ3) is 4.59. The quantitative estimate of drug-likeness (QED) is 0.709. The normalized spacial score (nSPS) is 10.4. The average molecular weight is 380 g/mol. The van der Waals surface area contributed by atoms with Crippen LogP contribution in [0.4, 0.5) is 14.5 Å². The first-order chi connectivity index (χ1) is 13.4. The van der Waals surface area contributed by atoms with E-state index in [9.17, 15) is 18.4 Å². The lowest BCUT2D eigenvalue weighted by atomic mass is 10.1. The molecule has 0 radical (unpaired) electrons. The van der Waals surface area contributed by atoms with Crippen LogP contribution in [0.3, 0.4) is 0 Å². The van der Waals surface area contributed by atoms with Gasteiger partial charge in [-0.15, -0.1) is 0 Å². The van der Waals surface area contributed by atoms with Gasteiger partial charge >= 0.3 is 0 Å². The van der Waals surface area contributed by atoms with Gasteiger partial charge in [-0.25, -0.2) is 8.78 Å². The van der Waals surface area contributed by atoms with Crippen molar-refractivity contribution in [3.8, 4) is 0 Å². The minimum Gasteiger partial charge on any atom is -0.337 e. The van der Waals surface area contributed by atoms with E-state index < -0.39 is 17.5 Å². The number of anilines is 1. The molecule has 2 amide bonds. The van der Waals surface area contributed by atoms with E-state index in [-0.39, 0.29) is 17.2 Å². The van der Waals surface area contributed by atoms with Gasteiger partial charge in [0.15, 0.2) is 0 Å². The van der Waals surface area contributed by atoms with Crippen LogP contribution in [0.1, 0.15) is 26.3 Å². The van der Waals surface area contributed by atoms with Crippen LogP contribution in [0.25, 0.3) is 0 Å². The second-order valence-corrected chi connectivity index (χ2v) is 6.30. The van der Waals surface area contributed by atoms with Crippen LogP contribution in [0.15, 0.2) is 72.8 Å². The third-order valence-electron chi connectivity index (χ3n) is 4.18. The van der Waals surface area contributed by atoms with Gasteiger partial charge in [0.25, 0.3) is 11.8 Å². The largest absolute Gasteiger partial charge is 0.337 e. The predicted molar refractivity (Wildman–Crippen MR) is 103 cm³/mol. The van der Waals surface area contributed by atoms with Crippen molar-refractivity contribution in [2.24, 2.45) is 0 Å². The molecule has 6 heteroatoms. The molecule has 28 heavy (non-hydrogen) atoms. The molecule has 3 aromatic carbocycles. The zero-order valence-corrected chi connectivity index (χ0v) is 15.2. The number of nitrogens with zero attached hydrogens (tertiary/aromatic N) is 1. The molecule has 0 unspecified atom stereocenters. The Kier molecular flexibility index (Phi) is 5.79. The van der Waals surface area contributed by atoms with Crippen molar-refractivity contribution >= 4 is 17.5 Å². The smallest absolute Gasteiger partial charge is 0.255 e. The Balaban J connectivity index is 1.66. The van der Waals surface area contributed by atoms with Crippen LogP contribution < -0.4 is 5.32 Å². The molecule has 0 aliphatic carbocycles. The first-order valence-corrected chi connectivity index (χ1v) is 8.60. The summed E-state index contributed by atoms with van der Waals surface area (Å²) >= 11 is 0. The van der Waals surface area contributed by atoms with Crippen LogP contribution in [0, 0.1) is 11.6 Å². The molecule has 0 saturated heterocycles. The van der Waals surface area contributed by atoms with Gasteiger partial charge in [0.1, 0.15) is 11.6 Å². The number of hydrogen-bond donors (Lipinski definition) is 1. The highest BCUT2D eigenvalue weighted by molar-refractivity contribution is 6.05. The minimum absolute atomic E-state index is 0.117. The number of benzene rings is 3. The molecule has 142 valence electrons. The number of nitrogens with one attached hydrogen (secondary N) is 1. The minimum atomic E-state index is -0.859. The van der Waals surface area contributed by atoms with E-state index in [1.165, 1.54) is 12.1 Å². The van der Waals surface area contributed by atoms with Crippen LogP contribution >= 0.6 is 0 Å². The summed E-state index contributed by atoms with van der Waals surface area (Å²) in [5.41, 5.74) is 1.58. The molecule has 4 nitrogen and oxygen atoms in total. The van der Waals surface area contributed by atoms with Crippen LogP contribution in [0.5, 0.6) is 0 Å². The van der Waals surface area contributed by atoms with Gasteiger partial charge in [0.05, 0.1) is 5.69 Å². The summed E-state index contributed by atoms with van der Waals surface area (Å²) in [4.78, 5) is 26.4. The van der Waals surface area contributed by atoms with Crippen molar-refractivity contribution in [3.05, 3.63) is 101 Å². The van der Waals surface area contributed by atoms with Gasteiger partial charge in [-0.2, -0.15) is 0 Å². The van der Waals surface area contributed by atoms with Crippen LogP contribution in [-0.4, -0.2) is 23.8 Å². The van der Waals surface area contributed by atoms with Crippen molar-refractivity contribution in [1.82, 2.24) is 4.90 Å². The van der Waals surface area contributed by atoms with E-state index in [0.29, 0.717) is 18.2 Å². The molecule has 3 rings (SSSR count). The number of carbonyl (C=O) groups excluding carboxylic acids is 2. The highest BCUT2D eigenvalue weighted by Crippen LogP contribution is 2.17. The van der Waals surface area contributed by atoms with Gasteiger partial charge in [0, 0.05) is 30.8 Å². The summed E-state index contributed by atoms with van der Waals surface area (Å²) in [6.45, 7) is 0.464. The van der Waals surface area contributed by atoms with E-state index in [4.69, 9.17) is 0 Å². The molecule has 0 saturated carbocycles. The second-order valence-electron chi connectivity index (χ2n) is 6.30. The van der Waals surface area contributed by atoms with Gasteiger partial charge in [-0.1, -0.05) is 30.3 Å². The van der Waals surface area contributed by atoms with Gasteiger partial charge < -0.3 is 10.2 Å². The molecule has 0 aromatic heterocycles. The van der Waals surface area contributed by atoms with E-state index in [1.807, 2.05) is 30.3 Å². The van der Waals surface area contributed by atoms with Crippen molar-refractivity contribution in [1.29, 1.82) is 0 Å². The lowest BCUT2D eigenvalue weighted by molar-refractivity contribution is 0.0784. The first kappa shape index (κ1) is 19.2. The van der Waals surface area contributed by atoms with E-state index in [1.54, 1.807) is 24.1 Å². The Bertz CT molecular complexity index is 989. The van der Waals surface area contributed by atoms with Gasteiger partial charge in [0.2, 0.25) is 0 Å². The van der Waals surface area contributed by atoms with E-state index in [2.05, 4.69) is 5.32 Å². The molecule has 0 aliphatic heterocycles. The lowest BCUT2D eigenvalue weighted by Gasteiger charge is -2.17. The highest BCUT2D eigenvalue weighted by Gasteiger charge is 2.14. The standard InChI is InChI=1S/C22H18F2N2O2/c1-26(14-15-5-3-2-4-6-15)22(28)17-9-7-16(8-10-17)21(27)25-20-12-11-18(23)13-19(20)24/h2-13H,14H2,1H3,(H,25,27). The topological polar surface area (TPSA) is 49.4 Å². The molecule has 3 aromatic rings. The summed E-state index contributed by atoms with van der Waals surface area (Å²) < 4.78 is 26.6. The predicted octanol–water partition coefficient (Wildman–Crippen LogP) is 4.49. The van der Waals surface area contributed by atoms with Crippen molar-refractivity contribution < 1.29 is 18.4 Å². The maximum Gasteiger partial charge on any atom is 0.255 e. The summed E-state index contributed by atoms with van der Waals surface area (Å²) in [6.07, 6.45) is 0. The summed E-state index contributed by atoms with van der Waals surface area (Å²) in [7, 11) is 1.70. The Morgan fingerprint density at radius 1 is 0.893 bits per heavy atom. The second kappa shape index (κ2) is 8.43. The monoisotopic (exact) mass is 380 g/mol. The number of hydrogen-bond acceptors (Lipinski definition) is 2. The molecule has 0 heterocycles. The third-order valence-corrected chi connectivity index (χ3v) is 4.18.